The average molecular weight is 280 g/mol. The van der Waals surface area contributed by atoms with Crippen LogP contribution in [0.2, 0.25) is 0 Å². The SMILES string of the molecule is C=CC(Cc1ccccc1)NNC(C)(C)c1ccccc1. The van der Waals surface area contributed by atoms with Gasteiger partial charge in [-0.15, -0.1) is 6.58 Å². The van der Waals surface area contributed by atoms with Crippen LogP contribution in [-0.2, 0) is 12.0 Å². The highest BCUT2D eigenvalue weighted by atomic mass is 15.4. The van der Waals surface area contributed by atoms with Gasteiger partial charge in [0, 0.05) is 6.04 Å². The zero-order valence-corrected chi connectivity index (χ0v) is 12.8. The van der Waals surface area contributed by atoms with E-state index in [9.17, 15) is 0 Å². The minimum atomic E-state index is -0.140. The molecule has 0 aliphatic carbocycles. The van der Waals surface area contributed by atoms with E-state index < -0.39 is 0 Å². The predicted molar refractivity (Wildman–Crippen MR) is 89.9 cm³/mol. The van der Waals surface area contributed by atoms with Crippen molar-refractivity contribution < 1.29 is 0 Å². The van der Waals surface area contributed by atoms with E-state index in [4.69, 9.17) is 0 Å². The quantitative estimate of drug-likeness (QED) is 0.595. The van der Waals surface area contributed by atoms with Crippen LogP contribution in [0, 0.1) is 0 Å². The Labute approximate surface area is 127 Å². The topological polar surface area (TPSA) is 24.1 Å². The van der Waals surface area contributed by atoms with E-state index in [0.717, 1.165) is 6.42 Å². The molecule has 0 fully saturated rings. The minimum absolute atomic E-state index is 0.140. The lowest BCUT2D eigenvalue weighted by Gasteiger charge is -2.29. The first-order valence-electron chi connectivity index (χ1n) is 7.36. The highest BCUT2D eigenvalue weighted by Gasteiger charge is 2.20. The Morgan fingerprint density at radius 3 is 2.14 bits per heavy atom. The first kappa shape index (κ1) is 15.5. The van der Waals surface area contributed by atoms with Gasteiger partial charge < -0.3 is 0 Å². The molecule has 2 rings (SSSR count). The third kappa shape index (κ3) is 4.55. The molecule has 0 bridgehead atoms. The molecule has 2 nitrogen and oxygen atoms in total. The van der Waals surface area contributed by atoms with Crippen molar-refractivity contribution in [1.82, 2.24) is 10.9 Å². The lowest BCUT2D eigenvalue weighted by Crippen LogP contribution is -2.50. The minimum Gasteiger partial charge on any atom is -0.250 e. The van der Waals surface area contributed by atoms with Crippen molar-refractivity contribution in [3.05, 3.63) is 84.4 Å². The average Bonchev–Trinajstić information content (AvgIpc) is 2.53. The Bertz CT molecular complexity index is 546. The van der Waals surface area contributed by atoms with Crippen LogP contribution < -0.4 is 10.9 Å². The van der Waals surface area contributed by atoms with Crippen molar-refractivity contribution in [3.63, 3.8) is 0 Å². The lowest BCUT2D eigenvalue weighted by molar-refractivity contribution is 0.318. The molecule has 21 heavy (non-hydrogen) atoms. The van der Waals surface area contributed by atoms with E-state index in [0.29, 0.717) is 0 Å². The summed E-state index contributed by atoms with van der Waals surface area (Å²) in [6.45, 7) is 8.26. The van der Waals surface area contributed by atoms with E-state index in [-0.39, 0.29) is 11.6 Å². The largest absolute Gasteiger partial charge is 0.250 e. The van der Waals surface area contributed by atoms with Crippen molar-refractivity contribution in [3.8, 4) is 0 Å². The number of hydrazine groups is 1. The summed E-state index contributed by atoms with van der Waals surface area (Å²) in [5.74, 6) is 0. The third-order valence-electron chi connectivity index (χ3n) is 3.65. The molecule has 1 unspecified atom stereocenters. The zero-order valence-electron chi connectivity index (χ0n) is 12.8. The van der Waals surface area contributed by atoms with Crippen molar-refractivity contribution in [1.29, 1.82) is 0 Å². The van der Waals surface area contributed by atoms with Crippen LogP contribution in [0.5, 0.6) is 0 Å². The summed E-state index contributed by atoms with van der Waals surface area (Å²) >= 11 is 0. The van der Waals surface area contributed by atoms with Crippen molar-refractivity contribution >= 4 is 0 Å². The maximum Gasteiger partial charge on any atom is 0.0516 e. The Morgan fingerprint density at radius 1 is 1.00 bits per heavy atom. The number of rotatable bonds is 7. The van der Waals surface area contributed by atoms with Gasteiger partial charge in [-0.05, 0) is 31.4 Å². The van der Waals surface area contributed by atoms with Crippen LogP contribution in [0.4, 0.5) is 0 Å². The summed E-state index contributed by atoms with van der Waals surface area (Å²) in [6, 6.07) is 21.1. The molecular formula is C19H24N2. The van der Waals surface area contributed by atoms with Crippen molar-refractivity contribution in [2.75, 3.05) is 0 Å². The monoisotopic (exact) mass is 280 g/mol. The fourth-order valence-electron chi connectivity index (χ4n) is 2.26. The molecule has 0 saturated heterocycles. The molecule has 2 aromatic carbocycles. The molecule has 2 N–H and O–H groups in total. The molecule has 110 valence electrons. The smallest absolute Gasteiger partial charge is 0.0516 e. The molecule has 0 heterocycles. The van der Waals surface area contributed by atoms with Crippen LogP contribution in [0.1, 0.15) is 25.0 Å². The van der Waals surface area contributed by atoms with Crippen LogP contribution in [0.3, 0.4) is 0 Å². The lowest BCUT2D eigenvalue weighted by atomic mass is 9.95. The van der Waals surface area contributed by atoms with E-state index in [1.165, 1.54) is 11.1 Å². The van der Waals surface area contributed by atoms with Crippen molar-refractivity contribution in [2.45, 2.75) is 31.8 Å². The predicted octanol–water partition coefficient (Wildman–Crippen LogP) is 3.81. The van der Waals surface area contributed by atoms with Gasteiger partial charge in [0.2, 0.25) is 0 Å². The van der Waals surface area contributed by atoms with Crippen LogP contribution >= 0.6 is 0 Å². The van der Waals surface area contributed by atoms with Gasteiger partial charge in [0.25, 0.3) is 0 Å². The molecule has 0 radical (unpaired) electrons. The van der Waals surface area contributed by atoms with Gasteiger partial charge in [-0.25, -0.2) is 10.9 Å². The zero-order chi connectivity index (χ0) is 15.1. The highest BCUT2D eigenvalue weighted by Crippen LogP contribution is 2.18. The van der Waals surface area contributed by atoms with E-state index >= 15 is 0 Å². The van der Waals surface area contributed by atoms with E-state index in [1.54, 1.807) is 0 Å². The third-order valence-corrected chi connectivity index (χ3v) is 3.65. The Balaban J connectivity index is 1.95. The summed E-state index contributed by atoms with van der Waals surface area (Å²) in [5, 5.41) is 0. The molecule has 0 spiro atoms. The first-order valence-corrected chi connectivity index (χ1v) is 7.36. The van der Waals surface area contributed by atoms with Gasteiger partial charge in [-0.3, -0.25) is 0 Å². The normalized spacial score (nSPS) is 12.9. The van der Waals surface area contributed by atoms with Gasteiger partial charge in [0.05, 0.1) is 5.54 Å². The van der Waals surface area contributed by atoms with Gasteiger partial charge in [0.1, 0.15) is 0 Å². The summed E-state index contributed by atoms with van der Waals surface area (Å²) in [5.41, 5.74) is 9.22. The molecule has 2 aromatic rings. The van der Waals surface area contributed by atoms with Crippen LogP contribution in [-0.4, -0.2) is 6.04 Å². The molecule has 2 heteroatoms. The van der Waals surface area contributed by atoms with E-state index in [2.05, 4.69) is 79.8 Å². The standard InChI is InChI=1S/C19H24N2/c1-4-18(15-16-11-7-5-8-12-16)20-21-19(2,3)17-13-9-6-10-14-17/h4-14,18,20-21H,1,15H2,2-3H3. The number of nitrogens with one attached hydrogen (secondary N) is 2. The second kappa shape index (κ2) is 7.21. The van der Waals surface area contributed by atoms with Crippen LogP contribution in [0.25, 0.3) is 0 Å². The van der Waals surface area contributed by atoms with Crippen LogP contribution in [0.15, 0.2) is 73.3 Å². The first-order chi connectivity index (χ1) is 10.1. The van der Waals surface area contributed by atoms with Gasteiger partial charge in [-0.2, -0.15) is 0 Å². The Kier molecular flexibility index (Phi) is 5.32. The molecule has 1 atom stereocenters. The molecule has 0 amide bonds. The Hall–Kier alpha value is -1.90. The molecule has 0 aliphatic heterocycles. The molecule has 0 aromatic heterocycles. The fourth-order valence-corrected chi connectivity index (χ4v) is 2.26. The number of hydrogen-bond donors (Lipinski definition) is 2. The summed E-state index contributed by atoms with van der Waals surface area (Å²) in [4.78, 5) is 0. The summed E-state index contributed by atoms with van der Waals surface area (Å²) < 4.78 is 0. The number of benzene rings is 2. The molecule has 0 saturated carbocycles. The second-order valence-electron chi connectivity index (χ2n) is 5.79. The number of hydrogen-bond acceptors (Lipinski definition) is 2. The van der Waals surface area contributed by atoms with Crippen molar-refractivity contribution in [2.24, 2.45) is 0 Å². The maximum atomic E-state index is 3.93. The molecule has 0 aliphatic rings. The summed E-state index contributed by atoms with van der Waals surface area (Å²) in [7, 11) is 0. The second-order valence-corrected chi connectivity index (χ2v) is 5.79. The maximum absolute atomic E-state index is 3.93. The van der Waals surface area contributed by atoms with Gasteiger partial charge in [-0.1, -0.05) is 66.7 Å². The fraction of sp³-hybridized carbons (Fsp3) is 0.263. The van der Waals surface area contributed by atoms with Gasteiger partial charge in [0.15, 0.2) is 0 Å². The highest BCUT2D eigenvalue weighted by molar-refractivity contribution is 5.22. The molecular weight excluding hydrogens is 256 g/mol. The van der Waals surface area contributed by atoms with Gasteiger partial charge >= 0.3 is 0 Å². The summed E-state index contributed by atoms with van der Waals surface area (Å²) in [6.07, 6.45) is 2.86. The Morgan fingerprint density at radius 2 is 1.57 bits per heavy atom. The van der Waals surface area contributed by atoms with E-state index in [1.807, 2.05) is 18.2 Å².